The van der Waals surface area contributed by atoms with Crippen LogP contribution in [-0.2, 0) is 0 Å². The predicted molar refractivity (Wildman–Crippen MR) is 75.3 cm³/mol. The first-order chi connectivity index (χ1) is 9.06. The van der Waals surface area contributed by atoms with Crippen molar-refractivity contribution in [3.8, 4) is 5.69 Å². The van der Waals surface area contributed by atoms with Gasteiger partial charge in [-0.2, -0.15) is 4.37 Å². The quantitative estimate of drug-likeness (QED) is 0.734. The molecule has 0 amide bonds. The molecule has 1 N–H and O–H groups in total. The minimum absolute atomic E-state index is 0.332. The Bertz CT molecular complexity index is 858. The Morgan fingerprint density at radius 2 is 2.00 bits per heavy atom. The van der Waals surface area contributed by atoms with E-state index in [1.165, 1.54) is 17.6 Å². The summed E-state index contributed by atoms with van der Waals surface area (Å²) in [6.45, 7) is 3.59. The highest BCUT2D eigenvalue weighted by Gasteiger charge is 2.08. The van der Waals surface area contributed by atoms with E-state index in [1.54, 1.807) is 13.0 Å². The lowest BCUT2D eigenvalue weighted by Crippen LogP contribution is -2.33. The third-order valence-electron chi connectivity index (χ3n) is 2.96. The third-order valence-corrected chi connectivity index (χ3v) is 3.88. The van der Waals surface area contributed by atoms with E-state index >= 15 is 0 Å². The molecule has 2 heterocycles. The Hall–Kier alpha value is -2.21. The van der Waals surface area contributed by atoms with Crippen molar-refractivity contribution in [2.24, 2.45) is 0 Å². The molecule has 0 saturated carbocycles. The number of rotatable bonds is 1. The van der Waals surface area contributed by atoms with Gasteiger partial charge in [-0.25, -0.2) is 9.36 Å². The Labute approximate surface area is 112 Å². The van der Waals surface area contributed by atoms with Crippen LogP contribution >= 0.6 is 11.5 Å². The van der Waals surface area contributed by atoms with Gasteiger partial charge in [-0.1, -0.05) is 0 Å². The predicted octanol–water partition coefficient (Wildman–Crippen LogP) is 1.75. The molecule has 0 aliphatic heterocycles. The van der Waals surface area contributed by atoms with Crippen molar-refractivity contribution in [1.29, 1.82) is 0 Å². The smallest absolute Gasteiger partial charge is 0.311 e. The first kappa shape index (κ1) is 11.9. The molecule has 0 aliphatic carbocycles. The molecular weight excluding hydrogens is 262 g/mol. The molecule has 0 unspecified atom stereocenters. The van der Waals surface area contributed by atoms with Crippen LogP contribution in [0, 0.1) is 13.8 Å². The number of nitrogens with one attached hydrogen (secondary N) is 1. The lowest BCUT2D eigenvalue weighted by molar-refractivity contribution is 0.859. The highest BCUT2D eigenvalue weighted by atomic mass is 32.1. The van der Waals surface area contributed by atoms with Gasteiger partial charge in [0, 0.05) is 17.1 Å². The van der Waals surface area contributed by atoms with Crippen molar-refractivity contribution in [3.63, 3.8) is 0 Å². The number of H-pyrrole nitrogens is 1. The summed E-state index contributed by atoms with van der Waals surface area (Å²) in [5, 5.41) is 0.967. The summed E-state index contributed by atoms with van der Waals surface area (Å²) in [5.41, 5.74) is 1.26. The maximum absolute atomic E-state index is 12.0. The Balaban J connectivity index is 2.33. The topological polar surface area (TPSA) is 67.8 Å². The SMILES string of the molecule is Cc1cc(=O)n(-c2ccc3snc(C)c3c2)c(=O)[nH]1. The fraction of sp³-hybridized carbons (Fsp3) is 0.154. The molecule has 0 radical (unpaired) electrons. The number of aromatic nitrogens is 3. The Kier molecular flexibility index (Phi) is 2.60. The number of hydrogen-bond acceptors (Lipinski definition) is 4. The zero-order valence-electron chi connectivity index (χ0n) is 10.4. The van der Waals surface area contributed by atoms with Gasteiger partial charge in [0.1, 0.15) is 0 Å². The van der Waals surface area contributed by atoms with E-state index in [4.69, 9.17) is 0 Å². The lowest BCUT2D eigenvalue weighted by Gasteiger charge is -2.05. The maximum Gasteiger partial charge on any atom is 0.333 e. The number of nitrogens with zero attached hydrogens (tertiary/aromatic N) is 2. The lowest BCUT2D eigenvalue weighted by atomic mass is 10.2. The molecule has 96 valence electrons. The Morgan fingerprint density at radius 3 is 2.74 bits per heavy atom. The summed E-state index contributed by atoms with van der Waals surface area (Å²) in [7, 11) is 0. The van der Waals surface area contributed by atoms with Crippen LogP contribution in [-0.4, -0.2) is 13.9 Å². The summed E-state index contributed by atoms with van der Waals surface area (Å²) >= 11 is 1.41. The zero-order valence-corrected chi connectivity index (χ0v) is 11.2. The number of fused-ring (bicyclic) bond motifs is 1. The summed E-state index contributed by atoms with van der Waals surface area (Å²) in [6.07, 6.45) is 0. The van der Waals surface area contributed by atoms with Crippen LogP contribution in [0.15, 0.2) is 33.9 Å². The van der Waals surface area contributed by atoms with Crippen molar-refractivity contribution in [1.82, 2.24) is 13.9 Å². The van der Waals surface area contributed by atoms with Gasteiger partial charge in [-0.05, 0) is 43.6 Å². The first-order valence-corrected chi connectivity index (χ1v) is 6.53. The third kappa shape index (κ3) is 1.90. The number of benzene rings is 1. The summed E-state index contributed by atoms with van der Waals surface area (Å²) in [5.74, 6) is 0. The first-order valence-electron chi connectivity index (χ1n) is 5.75. The van der Waals surface area contributed by atoms with E-state index in [0.717, 1.165) is 20.3 Å². The molecule has 0 spiro atoms. The van der Waals surface area contributed by atoms with Gasteiger partial charge in [0.2, 0.25) is 0 Å². The van der Waals surface area contributed by atoms with Crippen LogP contribution in [0.25, 0.3) is 15.8 Å². The van der Waals surface area contributed by atoms with Crippen molar-refractivity contribution in [3.05, 3.63) is 56.5 Å². The summed E-state index contributed by atoms with van der Waals surface area (Å²) < 4.78 is 6.43. The normalized spacial score (nSPS) is 11.1. The van der Waals surface area contributed by atoms with E-state index in [0.29, 0.717) is 11.4 Å². The molecule has 0 saturated heterocycles. The molecule has 3 aromatic rings. The minimum Gasteiger partial charge on any atom is -0.311 e. The average Bonchev–Trinajstić information content (AvgIpc) is 2.70. The average molecular weight is 273 g/mol. The number of aryl methyl sites for hydroxylation is 2. The van der Waals surface area contributed by atoms with Crippen molar-refractivity contribution < 1.29 is 0 Å². The molecule has 19 heavy (non-hydrogen) atoms. The highest BCUT2D eigenvalue weighted by Crippen LogP contribution is 2.23. The van der Waals surface area contributed by atoms with Crippen LogP contribution < -0.4 is 11.2 Å². The second kappa shape index (κ2) is 4.17. The maximum atomic E-state index is 12.0. The van der Waals surface area contributed by atoms with Crippen LogP contribution in [0.3, 0.4) is 0 Å². The fourth-order valence-corrected chi connectivity index (χ4v) is 2.81. The van der Waals surface area contributed by atoms with E-state index in [9.17, 15) is 9.59 Å². The van der Waals surface area contributed by atoms with E-state index in [2.05, 4.69) is 9.36 Å². The van der Waals surface area contributed by atoms with Gasteiger partial charge in [0.15, 0.2) is 0 Å². The van der Waals surface area contributed by atoms with Gasteiger partial charge in [-0.3, -0.25) is 4.79 Å². The molecular formula is C13H11N3O2S. The van der Waals surface area contributed by atoms with Gasteiger partial charge >= 0.3 is 5.69 Å². The minimum atomic E-state index is -0.426. The molecule has 2 aromatic heterocycles. The van der Waals surface area contributed by atoms with Crippen LogP contribution in [0.5, 0.6) is 0 Å². The largest absolute Gasteiger partial charge is 0.333 e. The summed E-state index contributed by atoms with van der Waals surface area (Å²) in [4.78, 5) is 26.5. The summed E-state index contributed by atoms with van der Waals surface area (Å²) in [6, 6.07) is 6.86. The standard InChI is InChI=1S/C13H11N3O2S/c1-7-5-12(17)16(13(18)14-7)9-3-4-11-10(6-9)8(2)15-19-11/h3-6H,1-2H3,(H,14,18). The fourth-order valence-electron chi connectivity index (χ4n) is 2.04. The zero-order chi connectivity index (χ0) is 13.6. The molecule has 3 rings (SSSR count). The second-order valence-corrected chi connectivity index (χ2v) is 5.18. The monoisotopic (exact) mass is 273 g/mol. The van der Waals surface area contributed by atoms with Gasteiger partial charge < -0.3 is 4.98 Å². The van der Waals surface area contributed by atoms with Gasteiger partial charge in [0.05, 0.1) is 16.1 Å². The van der Waals surface area contributed by atoms with E-state index in [-0.39, 0.29) is 5.56 Å². The highest BCUT2D eigenvalue weighted by molar-refractivity contribution is 7.13. The Morgan fingerprint density at radius 1 is 1.21 bits per heavy atom. The molecule has 0 bridgehead atoms. The van der Waals surface area contributed by atoms with E-state index in [1.807, 2.05) is 19.1 Å². The molecule has 0 atom stereocenters. The molecule has 6 heteroatoms. The molecule has 5 nitrogen and oxygen atoms in total. The van der Waals surface area contributed by atoms with Crippen LogP contribution in [0.1, 0.15) is 11.4 Å². The van der Waals surface area contributed by atoms with E-state index < -0.39 is 5.69 Å². The second-order valence-electron chi connectivity index (χ2n) is 4.38. The van der Waals surface area contributed by atoms with Crippen LogP contribution in [0.2, 0.25) is 0 Å². The van der Waals surface area contributed by atoms with Gasteiger partial charge in [-0.15, -0.1) is 0 Å². The van der Waals surface area contributed by atoms with Crippen molar-refractivity contribution in [2.75, 3.05) is 0 Å². The molecule has 1 aromatic carbocycles. The van der Waals surface area contributed by atoms with Crippen LogP contribution in [0.4, 0.5) is 0 Å². The molecule has 0 fully saturated rings. The van der Waals surface area contributed by atoms with Crippen molar-refractivity contribution >= 4 is 21.6 Å². The number of hydrogen-bond donors (Lipinski definition) is 1. The molecule has 0 aliphatic rings. The van der Waals surface area contributed by atoms with Crippen molar-refractivity contribution in [2.45, 2.75) is 13.8 Å². The van der Waals surface area contributed by atoms with Gasteiger partial charge in [0.25, 0.3) is 5.56 Å². The number of aromatic amines is 1.